The standard InChI is InChI=1S/C9H19N3O4/c1-3-12(2)5-4-10-9(16)11-7(6-13)8(14)15/h7,13H,3-6H2,1-2H3,(H,14,15)(H2,10,11,16)/t7-/m0/s1. The van der Waals surface area contributed by atoms with Crippen LogP contribution < -0.4 is 10.6 Å². The van der Waals surface area contributed by atoms with Gasteiger partial charge in [-0.1, -0.05) is 6.92 Å². The van der Waals surface area contributed by atoms with E-state index in [2.05, 4.69) is 10.6 Å². The number of nitrogens with one attached hydrogen (secondary N) is 2. The Kier molecular flexibility index (Phi) is 7.23. The molecule has 16 heavy (non-hydrogen) atoms. The molecule has 0 aliphatic carbocycles. The van der Waals surface area contributed by atoms with Crippen LogP contribution in [0.15, 0.2) is 0 Å². The molecule has 0 unspecified atom stereocenters. The summed E-state index contributed by atoms with van der Waals surface area (Å²) in [5.41, 5.74) is 0. The summed E-state index contributed by atoms with van der Waals surface area (Å²) in [4.78, 5) is 23.7. The molecule has 0 fully saturated rings. The van der Waals surface area contributed by atoms with E-state index in [1.54, 1.807) is 0 Å². The molecule has 0 heterocycles. The van der Waals surface area contributed by atoms with Crippen molar-refractivity contribution < 1.29 is 19.8 Å². The van der Waals surface area contributed by atoms with Crippen LogP contribution in [-0.2, 0) is 4.79 Å². The molecule has 7 nitrogen and oxygen atoms in total. The highest BCUT2D eigenvalue weighted by molar-refractivity contribution is 5.82. The third-order valence-electron chi connectivity index (χ3n) is 2.10. The zero-order valence-electron chi connectivity index (χ0n) is 9.56. The van der Waals surface area contributed by atoms with E-state index in [4.69, 9.17) is 10.2 Å². The number of amides is 2. The lowest BCUT2D eigenvalue weighted by molar-refractivity contribution is -0.140. The number of aliphatic hydroxyl groups excluding tert-OH is 1. The fourth-order valence-electron chi connectivity index (χ4n) is 0.913. The number of carboxylic acid groups (broad SMARTS) is 1. The average molecular weight is 233 g/mol. The summed E-state index contributed by atoms with van der Waals surface area (Å²) in [5.74, 6) is -1.26. The number of likely N-dealkylation sites (N-methyl/N-ethyl adjacent to an activating group) is 1. The molecule has 0 radical (unpaired) electrons. The van der Waals surface area contributed by atoms with Gasteiger partial charge in [-0.05, 0) is 13.6 Å². The van der Waals surface area contributed by atoms with Crippen LogP contribution in [0.4, 0.5) is 4.79 Å². The molecule has 0 rings (SSSR count). The summed E-state index contributed by atoms with van der Waals surface area (Å²) in [6.45, 7) is 3.34. The molecule has 0 bridgehead atoms. The van der Waals surface area contributed by atoms with Gasteiger partial charge in [0.05, 0.1) is 6.61 Å². The molecular weight excluding hydrogens is 214 g/mol. The first-order valence-corrected chi connectivity index (χ1v) is 5.07. The largest absolute Gasteiger partial charge is 0.480 e. The summed E-state index contributed by atoms with van der Waals surface area (Å²) in [7, 11) is 1.91. The topological polar surface area (TPSA) is 102 Å². The van der Waals surface area contributed by atoms with Gasteiger partial charge in [0, 0.05) is 13.1 Å². The summed E-state index contributed by atoms with van der Waals surface area (Å²) in [6.07, 6.45) is 0. The van der Waals surface area contributed by atoms with Crippen LogP contribution >= 0.6 is 0 Å². The molecule has 2 amide bonds. The Hall–Kier alpha value is -1.34. The molecule has 4 N–H and O–H groups in total. The van der Waals surface area contributed by atoms with Gasteiger partial charge in [0.15, 0.2) is 6.04 Å². The second-order valence-electron chi connectivity index (χ2n) is 3.37. The Morgan fingerprint density at radius 2 is 2.06 bits per heavy atom. The zero-order valence-corrected chi connectivity index (χ0v) is 9.56. The molecule has 0 saturated carbocycles. The normalized spacial score (nSPS) is 12.2. The quantitative estimate of drug-likeness (QED) is 0.437. The van der Waals surface area contributed by atoms with Crippen LogP contribution in [0, 0.1) is 0 Å². The maximum absolute atomic E-state index is 11.2. The van der Waals surface area contributed by atoms with Gasteiger partial charge in [0.1, 0.15) is 0 Å². The van der Waals surface area contributed by atoms with E-state index in [9.17, 15) is 9.59 Å². The third kappa shape index (κ3) is 6.20. The predicted molar refractivity (Wildman–Crippen MR) is 58.2 cm³/mol. The first kappa shape index (κ1) is 14.7. The lowest BCUT2D eigenvalue weighted by Crippen LogP contribution is -2.49. The number of carboxylic acids is 1. The predicted octanol–water partition coefficient (Wildman–Crippen LogP) is -1.32. The van der Waals surface area contributed by atoms with Crippen molar-refractivity contribution in [2.75, 3.05) is 33.3 Å². The minimum absolute atomic E-state index is 0.425. The third-order valence-corrected chi connectivity index (χ3v) is 2.10. The molecule has 0 spiro atoms. The number of carbonyl (C=O) groups is 2. The smallest absolute Gasteiger partial charge is 0.328 e. The monoisotopic (exact) mass is 233 g/mol. The average Bonchev–Trinajstić information content (AvgIpc) is 2.25. The molecule has 0 aliphatic rings. The molecular formula is C9H19N3O4. The lowest BCUT2D eigenvalue weighted by Gasteiger charge is -2.16. The Balaban J connectivity index is 3.77. The fraction of sp³-hybridized carbons (Fsp3) is 0.778. The first-order chi connectivity index (χ1) is 7.51. The zero-order chi connectivity index (χ0) is 12.6. The van der Waals surface area contributed by atoms with Gasteiger partial charge in [0.25, 0.3) is 0 Å². The number of aliphatic carboxylic acids is 1. The van der Waals surface area contributed by atoms with E-state index < -0.39 is 24.6 Å². The van der Waals surface area contributed by atoms with Crippen molar-refractivity contribution in [1.29, 1.82) is 0 Å². The van der Waals surface area contributed by atoms with E-state index >= 15 is 0 Å². The number of carbonyl (C=O) groups excluding carboxylic acids is 1. The Bertz CT molecular complexity index is 235. The first-order valence-electron chi connectivity index (χ1n) is 5.07. The minimum Gasteiger partial charge on any atom is -0.480 e. The van der Waals surface area contributed by atoms with E-state index in [-0.39, 0.29) is 0 Å². The number of aliphatic hydroxyl groups is 1. The summed E-state index contributed by atoms with van der Waals surface area (Å²) in [5, 5.41) is 21.9. The van der Waals surface area contributed by atoms with Gasteiger partial charge in [0.2, 0.25) is 0 Å². The van der Waals surface area contributed by atoms with Gasteiger partial charge < -0.3 is 25.7 Å². The van der Waals surface area contributed by atoms with Crippen LogP contribution in [-0.4, -0.2) is 66.4 Å². The number of hydrogen-bond acceptors (Lipinski definition) is 4. The van der Waals surface area contributed by atoms with Crippen molar-refractivity contribution in [3.63, 3.8) is 0 Å². The van der Waals surface area contributed by atoms with Crippen LogP contribution in [0.1, 0.15) is 6.92 Å². The molecule has 0 aromatic heterocycles. The second-order valence-corrected chi connectivity index (χ2v) is 3.37. The summed E-state index contributed by atoms with van der Waals surface area (Å²) < 4.78 is 0. The van der Waals surface area contributed by atoms with Gasteiger partial charge in [-0.25, -0.2) is 9.59 Å². The molecule has 0 saturated heterocycles. The molecule has 0 aromatic carbocycles. The van der Waals surface area contributed by atoms with Crippen molar-refractivity contribution in [2.45, 2.75) is 13.0 Å². The second kappa shape index (κ2) is 7.89. The van der Waals surface area contributed by atoms with Crippen LogP contribution in [0.25, 0.3) is 0 Å². The van der Waals surface area contributed by atoms with Gasteiger partial charge in [-0.3, -0.25) is 0 Å². The van der Waals surface area contributed by atoms with Crippen LogP contribution in [0.5, 0.6) is 0 Å². The summed E-state index contributed by atoms with van der Waals surface area (Å²) in [6, 6.07) is -1.85. The van der Waals surface area contributed by atoms with Crippen LogP contribution in [0.3, 0.4) is 0 Å². The number of hydrogen-bond donors (Lipinski definition) is 4. The number of urea groups is 1. The number of nitrogens with zero attached hydrogens (tertiary/aromatic N) is 1. The number of rotatable bonds is 7. The van der Waals surface area contributed by atoms with Crippen molar-refractivity contribution in [1.82, 2.24) is 15.5 Å². The molecule has 0 aromatic rings. The lowest BCUT2D eigenvalue weighted by atomic mass is 10.3. The molecule has 7 heteroatoms. The SMILES string of the molecule is CCN(C)CCNC(=O)N[C@@H](CO)C(=O)O. The van der Waals surface area contributed by atoms with E-state index in [1.165, 1.54) is 0 Å². The highest BCUT2D eigenvalue weighted by Gasteiger charge is 2.17. The van der Waals surface area contributed by atoms with Crippen molar-refractivity contribution in [3.8, 4) is 0 Å². The fourth-order valence-corrected chi connectivity index (χ4v) is 0.913. The van der Waals surface area contributed by atoms with Crippen molar-refractivity contribution in [2.24, 2.45) is 0 Å². The van der Waals surface area contributed by atoms with E-state index in [0.717, 1.165) is 6.54 Å². The minimum atomic E-state index is -1.26. The van der Waals surface area contributed by atoms with Gasteiger partial charge in [-0.15, -0.1) is 0 Å². The van der Waals surface area contributed by atoms with E-state index in [1.807, 2.05) is 18.9 Å². The molecule has 1 atom stereocenters. The maximum Gasteiger partial charge on any atom is 0.328 e. The Morgan fingerprint density at radius 3 is 2.50 bits per heavy atom. The Morgan fingerprint density at radius 1 is 1.44 bits per heavy atom. The molecule has 0 aliphatic heterocycles. The highest BCUT2D eigenvalue weighted by Crippen LogP contribution is 1.83. The summed E-state index contributed by atoms with van der Waals surface area (Å²) >= 11 is 0. The maximum atomic E-state index is 11.2. The van der Waals surface area contributed by atoms with E-state index in [0.29, 0.717) is 13.1 Å². The van der Waals surface area contributed by atoms with Crippen molar-refractivity contribution in [3.05, 3.63) is 0 Å². The van der Waals surface area contributed by atoms with Gasteiger partial charge in [-0.2, -0.15) is 0 Å². The van der Waals surface area contributed by atoms with Crippen molar-refractivity contribution >= 4 is 12.0 Å². The van der Waals surface area contributed by atoms with Gasteiger partial charge >= 0.3 is 12.0 Å². The highest BCUT2D eigenvalue weighted by atomic mass is 16.4. The Labute approximate surface area is 94.4 Å². The van der Waals surface area contributed by atoms with Crippen LogP contribution in [0.2, 0.25) is 0 Å². The molecule has 94 valence electrons.